The number of anilines is 1. The molecular weight excluding hydrogens is 262 g/mol. The molecule has 2 aromatic carbocycles. The van der Waals surface area contributed by atoms with E-state index in [1.54, 1.807) is 30.3 Å². The monoisotopic (exact) mass is 274 g/mol. The fourth-order valence-electron chi connectivity index (χ4n) is 1.80. The number of aliphatic hydroxyl groups excluding tert-OH is 1. The number of aliphatic hydroxyl groups is 1. The van der Waals surface area contributed by atoms with Gasteiger partial charge in [0.15, 0.2) is 11.6 Å². The van der Waals surface area contributed by atoms with Crippen LogP contribution in [0.2, 0.25) is 0 Å². The van der Waals surface area contributed by atoms with Crippen LogP contribution < -0.4 is 5.32 Å². The summed E-state index contributed by atoms with van der Waals surface area (Å²) in [6.45, 7) is -0.0379. The van der Waals surface area contributed by atoms with Crippen LogP contribution in [-0.2, 0) is 0 Å². The number of nitriles is 1. The third kappa shape index (κ3) is 3.11. The van der Waals surface area contributed by atoms with Gasteiger partial charge in [0.1, 0.15) is 5.69 Å². The summed E-state index contributed by atoms with van der Waals surface area (Å²) in [5.41, 5.74) is 0.211. The predicted octanol–water partition coefficient (Wildman–Crippen LogP) is 2.98. The quantitative estimate of drug-likeness (QED) is 0.901. The Hall–Kier alpha value is -2.45. The Kier molecular flexibility index (Phi) is 4.28. The van der Waals surface area contributed by atoms with Crippen molar-refractivity contribution in [2.24, 2.45) is 0 Å². The largest absolute Gasteiger partial charge is 0.387 e. The second-order valence-corrected chi connectivity index (χ2v) is 4.23. The molecule has 1 atom stereocenters. The Balaban J connectivity index is 2.10. The van der Waals surface area contributed by atoms with Crippen molar-refractivity contribution in [1.82, 2.24) is 0 Å². The van der Waals surface area contributed by atoms with Crippen molar-refractivity contribution in [2.45, 2.75) is 6.10 Å². The average Bonchev–Trinajstić information content (AvgIpc) is 2.46. The summed E-state index contributed by atoms with van der Waals surface area (Å²) in [6, 6.07) is 12.3. The van der Waals surface area contributed by atoms with Crippen LogP contribution in [0.5, 0.6) is 0 Å². The molecule has 1 unspecified atom stereocenters. The van der Waals surface area contributed by atoms with Crippen molar-refractivity contribution in [3.05, 3.63) is 65.2 Å². The molecule has 102 valence electrons. The van der Waals surface area contributed by atoms with E-state index in [1.165, 1.54) is 0 Å². The van der Waals surface area contributed by atoms with Crippen molar-refractivity contribution in [2.75, 3.05) is 11.9 Å². The molecule has 3 nitrogen and oxygen atoms in total. The summed E-state index contributed by atoms with van der Waals surface area (Å²) in [7, 11) is 0. The van der Waals surface area contributed by atoms with Crippen LogP contribution >= 0.6 is 0 Å². The highest BCUT2D eigenvalue weighted by Gasteiger charge is 2.13. The number of rotatable bonds is 4. The van der Waals surface area contributed by atoms with Crippen molar-refractivity contribution in [3.63, 3.8) is 0 Å². The molecule has 2 rings (SSSR count). The first kappa shape index (κ1) is 14.0. The zero-order valence-corrected chi connectivity index (χ0v) is 10.5. The summed E-state index contributed by atoms with van der Waals surface area (Å²) >= 11 is 0. The maximum absolute atomic E-state index is 13.6. The van der Waals surface area contributed by atoms with Gasteiger partial charge in [0, 0.05) is 6.54 Å². The fourth-order valence-corrected chi connectivity index (χ4v) is 1.80. The molecule has 5 heteroatoms. The molecule has 0 spiro atoms. The second kappa shape index (κ2) is 6.13. The fraction of sp³-hybridized carbons (Fsp3) is 0.133. The highest BCUT2D eigenvalue weighted by molar-refractivity contribution is 5.50. The molecule has 2 N–H and O–H groups in total. The number of halogens is 2. The SMILES string of the molecule is N#Cc1cc(F)c(NCC(O)c2ccccc2)c(F)c1. The van der Waals surface area contributed by atoms with E-state index in [0.717, 1.165) is 12.1 Å². The second-order valence-electron chi connectivity index (χ2n) is 4.23. The molecule has 0 radical (unpaired) electrons. The van der Waals surface area contributed by atoms with Crippen LogP contribution in [0.25, 0.3) is 0 Å². The van der Waals surface area contributed by atoms with E-state index in [0.29, 0.717) is 5.56 Å². The van der Waals surface area contributed by atoms with Gasteiger partial charge >= 0.3 is 0 Å². The van der Waals surface area contributed by atoms with Gasteiger partial charge in [0.05, 0.1) is 17.7 Å². The van der Waals surface area contributed by atoms with Gasteiger partial charge < -0.3 is 10.4 Å². The van der Waals surface area contributed by atoms with Gasteiger partial charge in [-0.05, 0) is 17.7 Å². The lowest BCUT2D eigenvalue weighted by atomic mass is 10.1. The molecule has 0 saturated carbocycles. The molecule has 0 aromatic heterocycles. The average molecular weight is 274 g/mol. The molecule has 0 aliphatic heterocycles. The molecular formula is C15H12F2N2O. The van der Waals surface area contributed by atoms with E-state index in [-0.39, 0.29) is 17.8 Å². The summed E-state index contributed by atoms with van der Waals surface area (Å²) in [5.74, 6) is -1.72. The smallest absolute Gasteiger partial charge is 0.150 e. The summed E-state index contributed by atoms with van der Waals surface area (Å²) < 4.78 is 27.2. The summed E-state index contributed by atoms with van der Waals surface area (Å²) in [5, 5.41) is 21.0. The standard InChI is InChI=1S/C15H12F2N2O/c16-12-6-10(8-18)7-13(17)15(12)19-9-14(20)11-4-2-1-3-5-11/h1-7,14,19-20H,9H2. The van der Waals surface area contributed by atoms with Gasteiger partial charge in [-0.2, -0.15) is 5.26 Å². The van der Waals surface area contributed by atoms with Gasteiger partial charge in [0.2, 0.25) is 0 Å². The molecule has 0 heterocycles. The van der Waals surface area contributed by atoms with E-state index in [9.17, 15) is 13.9 Å². The van der Waals surface area contributed by atoms with Crippen LogP contribution in [0.3, 0.4) is 0 Å². The number of hydrogen-bond acceptors (Lipinski definition) is 3. The maximum Gasteiger partial charge on any atom is 0.150 e. The lowest BCUT2D eigenvalue weighted by Gasteiger charge is -2.14. The van der Waals surface area contributed by atoms with E-state index in [1.807, 2.05) is 6.07 Å². The number of hydrogen-bond donors (Lipinski definition) is 2. The third-order valence-electron chi connectivity index (χ3n) is 2.83. The summed E-state index contributed by atoms with van der Waals surface area (Å²) in [4.78, 5) is 0. The van der Waals surface area contributed by atoms with Crippen molar-refractivity contribution in [1.29, 1.82) is 5.26 Å². The molecule has 0 bridgehead atoms. The molecule has 0 fully saturated rings. The Morgan fingerprint density at radius 2 is 1.75 bits per heavy atom. The van der Waals surface area contributed by atoms with Crippen LogP contribution in [0.1, 0.15) is 17.2 Å². The van der Waals surface area contributed by atoms with Gasteiger partial charge in [-0.1, -0.05) is 30.3 Å². The third-order valence-corrected chi connectivity index (χ3v) is 2.83. The lowest BCUT2D eigenvalue weighted by Crippen LogP contribution is -2.14. The van der Waals surface area contributed by atoms with Gasteiger partial charge in [-0.25, -0.2) is 8.78 Å². The van der Waals surface area contributed by atoms with E-state index >= 15 is 0 Å². The van der Waals surface area contributed by atoms with Crippen molar-refractivity contribution < 1.29 is 13.9 Å². The van der Waals surface area contributed by atoms with Gasteiger partial charge in [0.25, 0.3) is 0 Å². The minimum Gasteiger partial charge on any atom is -0.387 e. The van der Waals surface area contributed by atoms with Gasteiger partial charge in [-0.3, -0.25) is 0 Å². The zero-order chi connectivity index (χ0) is 14.5. The molecule has 2 aromatic rings. The topological polar surface area (TPSA) is 56.0 Å². The number of nitrogens with zero attached hydrogens (tertiary/aromatic N) is 1. The van der Waals surface area contributed by atoms with Crippen molar-refractivity contribution in [3.8, 4) is 6.07 Å². The number of benzene rings is 2. The Morgan fingerprint density at radius 3 is 2.30 bits per heavy atom. The molecule has 0 saturated heterocycles. The Morgan fingerprint density at radius 1 is 1.15 bits per heavy atom. The Bertz CT molecular complexity index is 615. The minimum atomic E-state index is -0.884. The van der Waals surface area contributed by atoms with Crippen LogP contribution in [-0.4, -0.2) is 11.7 Å². The van der Waals surface area contributed by atoms with Crippen LogP contribution in [0, 0.1) is 23.0 Å². The van der Waals surface area contributed by atoms with Crippen molar-refractivity contribution >= 4 is 5.69 Å². The maximum atomic E-state index is 13.6. The molecule has 0 amide bonds. The Labute approximate surface area is 115 Å². The van der Waals surface area contributed by atoms with E-state index < -0.39 is 17.7 Å². The lowest BCUT2D eigenvalue weighted by molar-refractivity contribution is 0.191. The van der Waals surface area contributed by atoms with Crippen LogP contribution in [0.4, 0.5) is 14.5 Å². The molecule has 0 aliphatic rings. The molecule has 20 heavy (non-hydrogen) atoms. The normalized spacial score (nSPS) is 11.7. The van der Waals surface area contributed by atoms with Gasteiger partial charge in [-0.15, -0.1) is 0 Å². The first-order chi connectivity index (χ1) is 9.61. The zero-order valence-electron chi connectivity index (χ0n) is 10.5. The number of nitrogens with one attached hydrogen (secondary N) is 1. The van der Waals surface area contributed by atoms with E-state index in [2.05, 4.69) is 5.32 Å². The highest BCUT2D eigenvalue weighted by Crippen LogP contribution is 2.22. The highest BCUT2D eigenvalue weighted by atomic mass is 19.1. The first-order valence-corrected chi connectivity index (χ1v) is 5.98. The molecule has 0 aliphatic carbocycles. The summed E-state index contributed by atoms with van der Waals surface area (Å²) in [6.07, 6.45) is -0.884. The first-order valence-electron chi connectivity index (χ1n) is 5.98. The van der Waals surface area contributed by atoms with E-state index in [4.69, 9.17) is 5.26 Å². The minimum absolute atomic E-state index is 0.0379. The predicted molar refractivity (Wildman–Crippen MR) is 71.0 cm³/mol. The van der Waals surface area contributed by atoms with Crippen LogP contribution in [0.15, 0.2) is 42.5 Å².